The normalized spacial score (nSPS) is 17.8. The van der Waals surface area contributed by atoms with Gasteiger partial charge < -0.3 is 5.32 Å². The first-order chi connectivity index (χ1) is 8.68. The topological polar surface area (TPSA) is 12.0 Å². The smallest absolute Gasteiger partial charge is 0.0595 e. The number of rotatable bonds is 4. The van der Waals surface area contributed by atoms with Crippen LogP contribution in [0.15, 0.2) is 18.2 Å². The quantitative estimate of drug-likeness (QED) is 0.800. The number of hydrogen-bond acceptors (Lipinski definition) is 1. The fourth-order valence-electron chi connectivity index (χ4n) is 3.10. The summed E-state index contributed by atoms with van der Waals surface area (Å²) < 4.78 is 0. The first-order valence-corrected chi connectivity index (χ1v) is 7.54. The maximum atomic E-state index is 6.18. The van der Waals surface area contributed by atoms with Gasteiger partial charge in [0.1, 0.15) is 0 Å². The van der Waals surface area contributed by atoms with E-state index in [9.17, 15) is 0 Å². The number of halogens is 3. The van der Waals surface area contributed by atoms with E-state index in [1.54, 1.807) is 0 Å². The van der Waals surface area contributed by atoms with E-state index in [4.69, 9.17) is 23.2 Å². The van der Waals surface area contributed by atoms with E-state index in [-0.39, 0.29) is 12.4 Å². The molecule has 0 aromatic heterocycles. The van der Waals surface area contributed by atoms with E-state index >= 15 is 0 Å². The molecule has 4 heteroatoms. The van der Waals surface area contributed by atoms with Crippen LogP contribution in [0.3, 0.4) is 0 Å². The molecule has 0 radical (unpaired) electrons. The van der Waals surface area contributed by atoms with Gasteiger partial charge in [-0.2, -0.15) is 0 Å². The van der Waals surface area contributed by atoms with Gasteiger partial charge in [-0.3, -0.25) is 0 Å². The van der Waals surface area contributed by atoms with Crippen LogP contribution >= 0.6 is 35.6 Å². The van der Waals surface area contributed by atoms with Gasteiger partial charge in [-0.05, 0) is 56.0 Å². The molecule has 108 valence electrons. The van der Waals surface area contributed by atoms with E-state index in [0.717, 1.165) is 6.54 Å². The fourth-order valence-corrected chi connectivity index (χ4v) is 3.40. The van der Waals surface area contributed by atoms with Gasteiger partial charge in [-0.25, -0.2) is 0 Å². The molecule has 0 aliphatic heterocycles. The van der Waals surface area contributed by atoms with Crippen molar-refractivity contribution in [3.05, 3.63) is 33.8 Å². The van der Waals surface area contributed by atoms with E-state index in [0.29, 0.717) is 15.5 Å². The Morgan fingerprint density at radius 1 is 1.11 bits per heavy atom. The zero-order chi connectivity index (χ0) is 13.0. The maximum Gasteiger partial charge on any atom is 0.0595 e. The van der Waals surface area contributed by atoms with Crippen molar-refractivity contribution >= 4 is 35.6 Å². The van der Waals surface area contributed by atoms with Crippen molar-refractivity contribution in [2.24, 2.45) is 0 Å². The largest absolute Gasteiger partial charge is 0.320 e. The summed E-state index contributed by atoms with van der Waals surface area (Å²) in [6, 6.07) is 6.18. The van der Waals surface area contributed by atoms with Crippen LogP contribution in [0.4, 0.5) is 0 Å². The van der Waals surface area contributed by atoms with Gasteiger partial charge >= 0.3 is 0 Å². The molecule has 0 saturated heterocycles. The van der Waals surface area contributed by atoms with E-state index in [2.05, 4.69) is 17.4 Å². The molecule has 1 aromatic rings. The number of hydrogen-bond donors (Lipinski definition) is 1. The van der Waals surface area contributed by atoms with E-state index in [1.165, 1.54) is 44.1 Å². The standard InChI is InChI=1S/C15H21Cl2N.ClH/c1-18-10-9-15(7-3-2-4-8-15)12-5-6-13(16)14(17)11-12;/h5-6,11,18H,2-4,7-10H2,1H3;1H. The molecule has 1 nitrogen and oxygen atoms in total. The lowest BCUT2D eigenvalue weighted by atomic mass is 9.67. The van der Waals surface area contributed by atoms with E-state index in [1.807, 2.05) is 13.1 Å². The molecule has 1 aliphatic rings. The minimum Gasteiger partial charge on any atom is -0.320 e. The molecule has 1 fully saturated rings. The van der Waals surface area contributed by atoms with Crippen LogP contribution in [0.5, 0.6) is 0 Å². The van der Waals surface area contributed by atoms with Crippen molar-refractivity contribution in [1.29, 1.82) is 0 Å². The summed E-state index contributed by atoms with van der Waals surface area (Å²) in [5, 5.41) is 4.61. The first kappa shape index (κ1) is 17.1. The molecule has 19 heavy (non-hydrogen) atoms. The molecule has 1 aromatic carbocycles. The lowest BCUT2D eigenvalue weighted by Gasteiger charge is -2.38. The minimum atomic E-state index is 0. The van der Waals surface area contributed by atoms with Gasteiger partial charge in [0, 0.05) is 0 Å². The maximum absolute atomic E-state index is 6.18. The fraction of sp³-hybridized carbons (Fsp3) is 0.600. The molecule has 0 spiro atoms. The highest BCUT2D eigenvalue weighted by atomic mass is 35.5. The lowest BCUT2D eigenvalue weighted by molar-refractivity contribution is 0.273. The molecule has 0 heterocycles. The van der Waals surface area contributed by atoms with Crippen molar-refractivity contribution < 1.29 is 0 Å². The third-order valence-corrected chi connectivity index (χ3v) is 4.94. The predicted molar refractivity (Wildman–Crippen MR) is 87.0 cm³/mol. The van der Waals surface area contributed by atoms with Crippen molar-refractivity contribution in [3.63, 3.8) is 0 Å². The summed E-state index contributed by atoms with van der Waals surface area (Å²) in [5.41, 5.74) is 1.67. The zero-order valence-corrected chi connectivity index (χ0v) is 13.7. The van der Waals surface area contributed by atoms with Gasteiger partial charge in [0.05, 0.1) is 10.0 Å². The molecule has 1 saturated carbocycles. The van der Waals surface area contributed by atoms with Crippen LogP contribution in [-0.4, -0.2) is 13.6 Å². The summed E-state index contributed by atoms with van der Waals surface area (Å²) in [5.74, 6) is 0. The Hall–Kier alpha value is 0.0500. The van der Waals surface area contributed by atoms with Crippen LogP contribution in [0, 0.1) is 0 Å². The van der Waals surface area contributed by atoms with Crippen molar-refractivity contribution in [3.8, 4) is 0 Å². The molecular weight excluding hydrogens is 301 g/mol. The van der Waals surface area contributed by atoms with Gasteiger partial charge in [-0.15, -0.1) is 12.4 Å². The summed E-state index contributed by atoms with van der Waals surface area (Å²) in [4.78, 5) is 0. The Bertz CT molecular complexity index is 400. The highest BCUT2D eigenvalue weighted by Gasteiger charge is 2.33. The molecule has 0 bridgehead atoms. The van der Waals surface area contributed by atoms with Crippen molar-refractivity contribution in [1.82, 2.24) is 5.32 Å². The third-order valence-electron chi connectivity index (χ3n) is 4.20. The predicted octanol–water partition coefficient (Wildman–Crippen LogP) is 5.23. The number of benzene rings is 1. The van der Waals surface area contributed by atoms with Crippen molar-refractivity contribution in [2.45, 2.75) is 43.9 Å². The molecule has 1 aliphatic carbocycles. The van der Waals surface area contributed by atoms with Crippen LogP contribution in [0.1, 0.15) is 44.1 Å². The van der Waals surface area contributed by atoms with Crippen LogP contribution in [0.2, 0.25) is 10.0 Å². The van der Waals surface area contributed by atoms with Gasteiger partial charge in [0.15, 0.2) is 0 Å². The van der Waals surface area contributed by atoms with Gasteiger partial charge in [-0.1, -0.05) is 48.5 Å². The summed E-state index contributed by atoms with van der Waals surface area (Å²) in [6.07, 6.45) is 7.73. The van der Waals surface area contributed by atoms with Crippen LogP contribution < -0.4 is 5.32 Å². The zero-order valence-electron chi connectivity index (χ0n) is 11.3. The third kappa shape index (κ3) is 4.01. The average molecular weight is 323 g/mol. The second-order valence-electron chi connectivity index (χ2n) is 5.32. The Labute approximate surface area is 132 Å². The Morgan fingerprint density at radius 2 is 1.79 bits per heavy atom. The molecule has 1 N–H and O–H groups in total. The summed E-state index contributed by atoms with van der Waals surface area (Å²) >= 11 is 12.2. The highest BCUT2D eigenvalue weighted by molar-refractivity contribution is 6.42. The summed E-state index contributed by atoms with van der Waals surface area (Å²) in [7, 11) is 2.02. The lowest BCUT2D eigenvalue weighted by Crippen LogP contribution is -2.32. The second-order valence-corrected chi connectivity index (χ2v) is 6.14. The van der Waals surface area contributed by atoms with Gasteiger partial charge in [0.2, 0.25) is 0 Å². The Morgan fingerprint density at radius 3 is 2.37 bits per heavy atom. The van der Waals surface area contributed by atoms with E-state index < -0.39 is 0 Å². The van der Waals surface area contributed by atoms with Crippen molar-refractivity contribution in [2.75, 3.05) is 13.6 Å². The minimum absolute atomic E-state index is 0. The Balaban J connectivity index is 0.00000180. The second kappa shape index (κ2) is 7.73. The molecule has 2 rings (SSSR count). The summed E-state index contributed by atoms with van der Waals surface area (Å²) in [6.45, 7) is 1.06. The molecule has 0 atom stereocenters. The highest BCUT2D eigenvalue weighted by Crippen LogP contribution is 2.43. The molecule has 0 amide bonds. The van der Waals surface area contributed by atoms with Gasteiger partial charge in [0.25, 0.3) is 0 Å². The van der Waals surface area contributed by atoms with Crippen LogP contribution in [0.25, 0.3) is 0 Å². The monoisotopic (exact) mass is 321 g/mol. The average Bonchev–Trinajstić information content (AvgIpc) is 2.40. The molecular formula is C15H22Cl3N. The van der Waals surface area contributed by atoms with Crippen LogP contribution in [-0.2, 0) is 5.41 Å². The number of nitrogens with one attached hydrogen (secondary N) is 1. The Kier molecular flexibility index (Phi) is 6.96. The molecule has 0 unspecified atom stereocenters. The SMILES string of the molecule is CNCCC1(c2ccc(Cl)c(Cl)c2)CCCCC1.Cl. The first-order valence-electron chi connectivity index (χ1n) is 6.78.